The van der Waals surface area contributed by atoms with E-state index in [0.717, 1.165) is 38.2 Å². The number of benzene rings is 3. The summed E-state index contributed by atoms with van der Waals surface area (Å²) in [7, 11) is 0. The number of aromatic nitrogens is 1. The van der Waals surface area contributed by atoms with Gasteiger partial charge in [0.25, 0.3) is 0 Å². The first kappa shape index (κ1) is 22.6. The van der Waals surface area contributed by atoms with Gasteiger partial charge >= 0.3 is 0 Å². The Balaban J connectivity index is 1.41. The summed E-state index contributed by atoms with van der Waals surface area (Å²) in [5.41, 5.74) is 3.44. The lowest BCUT2D eigenvalue weighted by molar-refractivity contribution is 0.171. The summed E-state index contributed by atoms with van der Waals surface area (Å²) in [6, 6.07) is 17.0. The Bertz CT molecular complexity index is 1350. The zero-order valence-corrected chi connectivity index (χ0v) is 19.6. The molecular formula is C25H22ClN3O4S. The molecule has 0 unspecified atom stereocenters. The van der Waals surface area contributed by atoms with Crippen molar-refractivity contribution < 1.29 is 19.7 Å². The number of aliphatic hydroxyl groups excluding tert-OH is 2. The summed E-state index contributed by atoms with van der Waals surface area (Å²) >= 11 is 8.17. The zero-order valence-electron chi connectivity index (χ0n) is 18.1. The van der Waals surface area contributed by atoms with E-state index in [0.29, 0.717) is 29.8 Å². The van der Waals surface area contributed by atoms with Gasteiger partial charge in [0.05, 0.1) is 34.7 Å². The van der Waals surface area contributed by atoms with E-state index in [1.807, 2.05) is 54.6 Å². The van der Waals surface area contributed by atoms with E-state index in [4.69, 9.17) is 21.1 Å². The van der Waals surface area contributed by atoms with Gasteiger partial charge in [0, 0.05) is 17.2 Å². The third-order valence-electron chi connectivity index (χ3n) is 5.46. The van der Waals surface area contributed by atoms with Crippen LogP contribution in [0, 0.1) is 0 Å². The van der Waals surface area contributed by atoms with Crippen molar-refractivity contribution in [2.24, 2.45) is 4.99 Å². The van der Waals surface area contributed by atoms with Gasteiger partial charge in [-0.05, 0) is 53.0 Å². The van der Waals surface area contributed by atoms with Crippen LogP contribution in [0.5, 0.6) is 11.5 Å². The number of aliphatic imine (C=N–C) groups is 1. The molecule has 0 amide bonds. The average Bonchev–Trinajstić information content (AvgIpc) is 3.27. The van der Waals surface area contributed by atoms with E-state index in [1.165, 1.54) is 11.5 Å². The Kier molecular flexibility index (Phi) is 6.64. The van der Waals surface area contributed by atoms with Gasteiger partial charge in [-0.25, -0.2) is 0 Å². The number of hydrogen-bond acceptors (Lipinski definition) is 8. The van der Waals surface area contributed by atoms with E-state index in [1.54, 1.807) is 6.21 Å². The van der Waals surface area contributed by atoms with Gasteiger partial charge in [-0.15, -0.1) is 0 Å². The van der Waals surface area contributed by atoms with Crippen LogP contribution in [-0.2, 0) is 0 Å². The predicted octanol–water partition coefficient (Wildman–Crippen LogP) is 4.90. The maximum atomic E-state index is 9.17. The van der Waals surface area contributed by atoms with Crippen LogP contribution in [0.25, 0.3) is 21.2 Å². The van der Waals surface area contributed by atoms with Gasteiger partial charge in [0.1, 0.15) is 13.2 Å². The molecule has 0 aliphatic carbocycles. The van der Waals surface area contributed by atoms with Crippen molar-refractivity contribution in [1.82, 2.24) is 4.37 Å². The number of nitrogens with one attached hydrogen (secondary N) is 1. The molecule has 34 heavy (non-hydrogen) atoms. The first-order valence-corrected chi connectivity index (χ1v) is 11.9. The molecule has 0 saturated heterocycles. The van der Waals surface area contributed by atoms with E-state index in [-0.39, 0.29) is 13.2 Å². The van der Waals surface area contributed by atoms with Gasteiger partial charge in [-0.3, -0.25) is 4.99 Å². The minimum atomic E-state index is -0.516. The fourth-order valence-corrected chi connectivity index (χ4v) is 4.73. The van der Waals surface area contributed by atoms with Gasteiger partial charge in [-0.1, -0.05) is 35.9 Å². The van der Waals surface area contributed by atoms with Crippen molar-refractivity contribution in [1.29, 1.82) is 0 Å². The number of rotatable bonds is 7. The second-order valence-corrected chi connectivity index (χ2v) is 8.92. The molecule has 2 heterocycles. The number of nitrogens with zero attached hydrogens (tertiary/aromatic N) is 2. The highest BCUT2D eigenvalue weighted by Gasteiger charge is 2.16. The summed E-state index contributed by atoms with van der Waals surface area (Å²) in [4.78, 5) is 4.20. The molecule has 0 fully saturated rings. The summed E-state index contributed by atoms with van der Waals surface area (Å²) < 4.78 is 16.9. The molecule has 9 heteroatoms. The highest BCUT2D eigenvalue weighted by molar-refractivity contribution is 7.13. The van der Waals surface area contributed by atoms with Crippen molar-refractivity contribution in [3.63, 3.8) is 0 Å². The summed E-state index contributed by atoms with van der Waals surface area (Å²) in [5, 5.41) is 23.3. The van der Waals surface area contributed by atoms with E-state index >= 15 is 0 Å². The number of hydrogen-bond donors (Lipinski definition) is 3. The van der Waals surface area contributed by atoms with Gasteiger partial charge < -0.3 is 25.0 Å². The molecule has 0 saturated carbocycles. The Morgan fingerprint density at radius 3 is 2.71 bits per heavy atom. The van der Waals surface area contributed by atoms with Crippen molar-refractivity contribution in [3.05, 3.63) is 65.2 Å². The highest BCUT2D eigenvalue weighted by atomic mass is 35.5. The number of halogens is 1. The molecule has 174 valence electrons. The lowest BCUT2D eigenvalue weighted by atomic mass is 10.0. The SMILES string of the molecule is OCC(CO)N=Cc1ccc2c(Nc3cccc(-c4ccc5c(c4)OCCO5)c3Cl)nsc2c1. The van der Waals surface area contributed by atoms with Crippen LogP contribution < -0.4 is 14.8 Å². The Labute approximate surface area is 205 Å². The minimum Gasteiger partial charge on any atom is -0.486 e. The molecule has 7 nitrogen and oxygen atoms in total. The van der Waals surface area contributed by atoms with Gasteiger partial charge in [-0.2, -0.15) is 4.37 Å². The number of ether oxygens (including phenoxy) is 2. The zero-order chi connectivity index (χ0) is 23.5. The molecule has 1 aliphatic heterocycles. The molecule has 0 bridgehead atoms. The van der Waals surface area contributed by atoms with Crippen LogP contribution >= 0.6 is 23.1 Å². The molecule has 3 N–H and O–H groups in total. The molecule has 1 aromatic heterocycles. The van der Waals surface area contributed by atoms with Crippen molar-refractivity contribution in [2.75, 3.05) is 31.7 Å². The summed E-state index contributed by atoms with van der Waals surface area (Å²) in [6.07, 6.45) is 1.65. The van der Waals surface area contributed by atoms with E-state index in [9.17, 15) is 10.2 Å². The molecule has 5 rings (SSSR count). The normalized spacial score (nSPS) is 13.2. The third-order valence-corrected chi connectivity index (χ3v) is 6.67. The molecule has 3 aromatic carbocycles. The van der Waals surface area contributed by atoms with E-state index < -0.39 is 6.04 Å². The smallest absolute Gasteiger partial charge is 0.161 e. The first-order valence-electron chi connectivity index (χ1n) is 10.8. The minimum absolute atomic E-state index is 0.198. The van der Waals surface area contributed by atoms with Crippen LogP contribution in [0.4, 0.5) is 11.5 Å². The number of aliphatic hydroxyl groups is 2. The lowest BCUT2D eigenvalue weighted by Crippen LogP contribution is -2.15. The Morgan fingerprint density at radius 2 is 1.88 bits per heavy atom. The van der Waals surface area contributed by atoms with Crippen molar-refractivity contribution >= 4 is 50.9 Å². The summed E-state index contributed by atoms with van der Waals surface area (Å²) in [5.74, 6) is 2.17. The molecule has 0 atom stereocenters. The van der Waals surface area contributed by atoms with Crippen molar-refractivity contribution in [3.8, 4) is 22.6 Å². The van der Waals surface area contributed by atoms with Crippen molar-refractivity contribution in [2.45, 2.75) is 6.04 Å². The highest BCUT2D eigenvalue weighted by Crippen LogP contribution is 2.40. The lowest BCUT2D eigenvalue weighted by Gasteiger charge is -2.19. The first-order chi connectivity index (χ1) is 16.7. The van der Waals surface area contributed by atoms with Gasteiger partial charge in [0.2, 0.25) is 0 Å². The average molecular weight is 496 g/mol. The monoisotopic (exact) mass is 495 g/mol. The number of anilines is 2. The van der Waals surface area contributed by atoms with Gasteiger partial charge in [0.15, 0.2) is 17.3 Å². The topological polar surface area (TPSA) is 96.2 Å². The predicted molar refractivity (Wildman–Crippen MR) is 136 cm³/mol. The second kappa shape index (κ2) is 9.99. The quantitative estimate of drug-likeness (QED) is 0.315. The second-order valence-electron chi connectivity index (χ2n) is 7.73. The molecule has 1 aliphatic rings. The molecule has 4 aromatic rings. The van der Waals surface area contributed by atoms with Crippen LogP contribution in [0.1, 0.15) is 5.56 Å². The van der Waals surface area contributed by atoms with Crippen LogP contribution in [-0.4, -0.2) is 53.3 Å². The van der Waals surface area contributed by atoms with Crippen LogP contribution in [0.2, 0.25) is 5.02 Å². The van der Waals surface area contributed by atoms with Crippen LogP contribution in [0.15, 0.2) is 59.6 Å². The molecule has 0 radical (unpaired) electrons. The maximum Gasteiger partial charge on any atom is 0.161 e. The van der Waals surface area contributed by atoms with Crippen LogP contribution in [0.3, 0.4) is 0 Å². The molecular weight excluding hydrogens is 474 g/mol. The Hall–Kier alpha value is -3.17. The molecule has 0 spiro atoms. The summed E-state index contributed by atoms with van der Waals surface area (Å²) in [6.45, 7) is 0.680. The number of fused-ring (bicyclic) bond motifs is 2. The van der Waals surface area contributed by atoms with E-state index in [2.05, 4.69) is 14.7 Å². The third kappa shape index (κ3) is 4.58. The fraction of sp³-hybridized carbons (Fsp3) is 0.200. The maximum absolute atomic E-state index is 9.17. The fourth-order valence-electron chi connectivity index (χ4n) is 3.66. The Morgan fingerprint density at radius 1 is 1.06 bits per heavy atom. The standard InChI is InChI=1S/C25H22ClN3O4S/c26-24-18(16-5-7-21-22(11-16)33-9-8-32-21)2-1-3-20(24)28-25-19-6-4-15(10-23(19)34-29-25)12-27-17(13-30)14-31/h1-7,10-12,17,30-31H,8-9,13-14H2,(H,28,29). The largest absolute Gasteiger partial charge is 0.486 e.